The van der Waals surface area contributed by atoms with Crippen molar-refractivity contribution in [3.8, 4) is 0 Å². The summed E-state index contributed by atoms with van der Waals surface area (Å²) in [6.45, 7) is 10.1. The topological polar surface area (TPSA) is 12.0 Å². The summed E-state index contributed by atoms with van der Waals surface area (Å²) in [5.74, 6) is 1.10. The van der Waals surface area contributed by atoms with Gasteiger partial charge in [-0.05, 0) is 40.0 Å². The Kier molecular flexibility index (Phi) is 6.04. The summed E-state index contributed by atoms with van der Waals surface area (Å²) in [5.41, 5.74) is 0.296. The molecule has 3 heteroatoms. The van der Waals surface area contributed by atoms with Crippen molar-refractivity contribution in [2.45, 2.75) is 38.6 Å². The van der Waals surface area contributed by atoms with E-state index in [1.165, 1.54) is 9.37 Å². The third kappa shape index (κ3) is 5.02. The molecule has 17 heavy (non-hydrogen) atoms. The van der Waals surface area contributed by atoms with E-state index < -0.39 is 0 Å². The van der Waals surface area contributed by atoms with Crippen LogP contribution in [-0.2, 0) is 0 Å². The first-order valence-electron chi connectivity index (χ1n) is 6.06. The van der Waals surface area contributed by atoms with Crippen molar-refractivity contribution in [3.05, 3.63) is 28.7 Å². The number of thioether (sulfide) groups is 1. The summed E-state index contributed by atoms with van der Waals surface area (Å²) in [6.07, 6.45) is 0. The minimum Gasteiger partial charge on any atom is -0.313 e. The molecule has 1 aromatic carbocycles. The van der Waals surface area contributed by atoms with E-state index in [1.54, 1.807) is 0 Å². The molecule has 0 bridgehead atoms. The fraction of sp³-hybridized carbons (Fsp3) is 0.571. The van der Waals surface area contributed by atoms with E-state index in [9.17, 15) is 0 Å². The largest absolute Gasteiger partial charge is 0.313 e. The Balaban J connectivity index is 2.61. The zero-order valence-corrected chi connectivity index (χ0v) is 13.5. The van der Waals surface area contributed by atoms with Gasteiger partial charge in [0.1, 0.15) is 0 Å². The highest BCUT2D eigenvalue weighted by atomic mass is 79.9. The molecule has 0 saturated carbocycles. The van der Waals surface area contributed by atoms with Crippen LogP contribution in [0, 0.1) is 5.41 Å². The van der Waals surface area contributed by atoms with Gasteiger partial charge in [0.15, 0.2) is 0 Å². The van der Waals surface area contributed by atoms with Gasteiger partial charge >= 0.3 is 0 Å². The molecule has 0 aliphatic carbocycles. The van der Waals surface area contributed by atoms with Crippen LogP contribution in [0.1, 0.15) is 27.7 Å². The molecule has 0 radical (unpaired) electrons. The van der Waals surface area contributed by atoms with Crippen molar-refractivity contribution in [3.63, 3.8) is 0 Å². The third-order valence-corrected chi connectivity index (χ3v) is 4.86. The van der Waals surface area contributed by atoms with Gasteiger partial charge in [-0.3, -0.25) is 0 Å². The first kappa shape index (κ1) is 15.1. The minimum atomic E-state index is 0.296. The van der Waals surface area contributed by atoms with E-state index in [4.69, 9.17) is 0 Å². The molecule has 1 aromatic rings. The van der Waals surface area contributed by atoms with Crippen LogP contribution in [0.5, 0.6) is 0 Å². The smallest absolute Gasteiger partial charge is 0.0311 e. The van der Waals surface area contributed by atoms with Crippen LogP contribution in [0.4, 0.5) is 0 Å². The normalized spacial score (nSPS) is 13.7. The van der Waals surface area contributed by atoms with Gasteiger partial charge in [-0.1, -0.05) is 39.8 Å². The van der Waals surface area contributed by atoms with Crippen LogP contribution < -0.4 is 5.32 Å². The Morgan fingerprint density at radius 1 is 1.29 bits per heavy atom. The molecular formula is C14H22BrNS. The van der Waals surface area contributed by atoms with Crippen LogP contribution in [0.3, 0.4) is 0 Å². The molecule has 0 fully saturated rings. The maximum absolute atomic E-state index is 3.59. The summed E-state index contributed by atoms with van der Waals surface area (Å²) < 4.78 is 1.19. The Bertz CT molecular complexity index is 346. The number of hydrogen-bond acceptors (Lipinski definition) is 2. The molecule has 0 aromatic heterocycles. The highest BCUT2D eigenvalue weighted by Crippen LogP contribution is 2.30. The van der Waals surface area contributed by atoms with Crippen LogP contribution in [0.15, 0.2) is 33.6 Å². The number of hydrogen-bond donors (Lipinski definition) is 1. The summed E-state index contributed by atoms with van der Waals surface area (Å²) in [5, 5.41) is 3.58. The van der Waals surface area contributed by atoms with Crippen LogP contribution in [0.25, 0.3) is 0 Å². The van der Waals surface area contributed by atoms with Gasteiger partial charge < -0.3 is 5.32 Å². The van der Waals surface area contributed by atoms with Crippen molar-refractivity contribution in [2.24, 2.45) is 5.41 Å². The number of rotatable bonds is 5. The predicted molar refractivity (Wildman–Crippen MR) is 81.8 cm³/mol. The summed E-state index contributed by atoms with van der Waals surface area (Å²) in [7, 11) is 0. The van der Waals surface area contributed by atoms with Gasteiger partial charge in [-0.2, -0.15) is 0 Å². The molecule has 1 atom stereocenters. The van der Waals surface area contributed by atoms with Crippen molar-refractivity contribution >= 4 is 27.7 Å². The minimum absolute atomic E-state index is 0.296. The molecule has 0 amide bonds. The van der Waals surface area contributed by atoms with E-state index in [2.05, 4.69) is 73.2 Å². The van der Waals surface area contributed by atoms with Crippen molar-refractivity contribution in [1.29, 1.82) is 0 Å². The monoisotopic (exact) mass is 315 g/mol. The predicted octanol–water partition coefficient (Wildman–Crippen LogP) is 4.57. The highest BCUT2D eigenvalue weighted by Gasteiger charge is 2.23. The van der Waals surface area contributed by atoms with Crippen LogP contribution in [0.2, 0.25) is 0 Å². The number of nitrogens with one attached hydrogen (secondary N) is 1. The highest BCUT2D eigenvalue weighted by molar-refractivity contribution is 9.10. The van der Waals surface area contributed by atoms with E-state index in [0.717, 1.165) is 12.3 Å². The van der Waals surface area contributed by atoms with Gasteiger partial charge in [-0.15, -0.1) is 11.8 Å². The van der Waals surface area contributed by atoms with Crippen molar-refractivity contribution in [1.82, 2.24) is 5.32 Å². The SMILES string of the molecule is CCNC(CSc1ccccc1Br)C(C)(C)C. The van der Waals surface area contributed by atoms with Gasteiger partial charge in [0, 0.05) is 21.2 Å². The zero-order chi connectivity index (χ0) is 12.9. The lowest BCUT2D eigenvalue weighted by atomic mass is 9.88. The van der Waals surface area contributed by atoms with Crippen molar-refractivity contribution < 1.29 is 0 Å². The maximum atomic E-state index is 3.59. The Labute approximate surface area is 118 Å². The lowest BCUT2D eigenvalue weighted by Crippen LogP contribution is -2.42. The Morgan fingerprint density at radius 3 is 2.47 bits per heavy atom. The average Bonchev–Trinajstić information content (AvgIpc) is 2.24. The first-order chi connectivity index (χ1) is 7.95. The van der Waals surface area contributed by atoms with Gasteiger partial charge in [0.05, 0.1) is 0 Å². The molecule has 0 spiro atoms. The van der Waals surface area contributed by atoms with E-state index in [1.807, 2.05) is 11.8 Å². The third-order valence-electron chi connectivity index (χ3n) is 2.74. The molecule has 1 nitrogen and oxygen atoms in total. The molecule has 96 valence electrons. The lowest BCUT2D eigenvalue weighted by molar-refractivity contribution is 0.295. The van der Waals surface area contributed by atoms with Gasteiger partial charge in [0.25, 0.3) is 0 Å². The second-order valence-corrected chi connectivity index (χ2v) is 7.13. The summed E-state index contributed by atoms with van der Waals surface area (Å²) in [6, 6.07) is 8.94. The maximum Gasteiger partial charge on any atom is 0.0311 e. The fourth-order valence-corrected chi connectivity index (χ4v) is 3.57. The van der Waals surface area contributed by atoms with Gasteiger partial charge in [-0.25, -0.2) is 0 Å². The van der Waals surface area contributed by atoms with Gasteiger partial charge in [0.2, 0.25) is 0 Å². The molecule has 0 aliphatic rings. The Morgan fingerprint density at radius 2 is 1.94 bits per heavy atom. The number of benzene rings is 1. The molecule has 0 aliphatic heterocycles. The quantitative estimate of drug-likeness (QED) is 0.799. The second-order valence-electron chi connectivity index (χ2n) is 5.22. The van der Waals surface area contributed by atoms with E-state index >= 15 is 0 Å². The van der Waals surface area contributed by atoms with Crippen LogP contribution >= 0.6 is 27.7 Å². The Hall–Kier alpha value is 0.01000. The number of halogens is 1. The van der Waals surface area contributed by atoms with Crippen molar-refractivity contribution in [2.75, 3.05) is 12.3 Å². The van der Waals surface area contributed by atoms with Crippen LogP contribution in [-0.4, -0.2) is 18.3 Å². The average molecular weight is 316 g/mol. The zero-order valence-electron chi connectivity index (χ0n) is 11.1. The molecule has 1 rings (SSSR count). The molecule has 0 saturated heterocycles. The first-order valence-corrected chi connectivity index (χ1v) is 7.83. The lowest BCUT2D eigenvalue weighted by Gasteiger charge is -2.31. The molecule has 1 unspecified atom stereocenters. The summed E-state index contributed by atoms with van der Waals surface area (Å²) in [4.78, 5) is 1.32. The summed E-state index contributed by atoms with van der Waals surface area (Å²) >= 11 is 5.51. The van der Waals surface area contributed by atoms with E-state index in [-0.39, 0.29) is 0 Å². The molecule has 0 heterocycles. The second kappa shape index (κ2) is 6.81. The molecule has 1 N–H and O–H groups in total. The van der Waals surface area contributed by atoms with E-state index in [0.29, 0.717) is 11.5 Å². The fourth-order valence-electron chi connectivity index (χ4n) is 1.60. The standard InChI is InChI=1S/C14H22BrNS/c1-5-16-13(14(2,3)4)10-17-12-9-7-6-8-11(12)15/h6-9,13,16H,5,10H2,1-4H3. The molecular weight excluding hydrogens is 294 g/mol.